The summed E-state index contributed by atoms with van der Waals surface area (Å²) in [6.07, 6.45) is 0.887. The molecule has 7 heteroatoms. The lowest BCUT2D eigenvalue weighted by Gasteiger charge is -2.13. The first-order valence-corrected chi connectivity index (χ1v) is 6.08. The Kier molecular flexibility index (Phi) is 4.13. The highest BCUT2D eigenvalue weighted by Gasteiger charge is 2.24. The summed E-state index contributed by atoms with van der Waals surface area (Å²) in [6, 6.07) is 6.73. The maximum Gasteiger partial charge on any atom is 0.326 e. The number of aromatic nitrogens is 1. The molecule has 0 fully saturated rings. The molecule has 2 rings (SSSR count). The molecule has 2 aromatic rings. The van der Waals surface area contributed by atoms with Crippen molar-refractivity contribution in [2.45, 2.75) is 12.5 Å². The van der Waals surface area contributed by atoms with Crippen molar-refractivity contribution in [1.82, 2.24) is 10.3 Å². The molecule has 0 unspecified atom stereocenters. The first kappa shape index (κ1) is 14.4. The molecule has 1 aromatic heterocycles. The summed E-state index contributed by atoms with van der Waals surface area (Å²) in [5.74, 6) is -3.35. The van der Waals surface area contributed by atoms with Crippen LogP contribution in [0.4, 0.5) is 0 Å². The van der Waals surface area contributed by atoms with Crippen molar-refractivity contribution in [3.63, 3.8) is 0 Å². The van der Waals surface area contributed by atoms with Crippen molar-refractivity contribution in [3.05, 3.63) is 42.1 Å². The number of hydrogen-bond acceptors (Lipinski definition) is 4. The number of carboxylic acids is 2. The van der Waals surface area contributed by atoms with Gasteiger partial charge in [-0.05, 0) is 18.2 Å². The fourth-order valence-corrected chi connectivity index (χ4v) is 1.91. The zero-order chi connectivity index (χ0) is 15.4. The van der Waals surface area contributed by atoms with Gasteiger partial charge < -0.3 is 15.5 Å². The van der Waals surface area contributed by atoms with E-state index in [1.165, 1.54) is 6.07 Å². The van der Waals surface area contributed by atoms with Crippen LogP contribution < -0.4 is 5.32 Å². The van der Waals surface area contributed by atoms with E-state index in [1.54, 1.807) is 30.5 Å². The number of rotatable bonds is 5. The zero-order valence-corrected chi connectivity index (χ0v) is 10.8. The molecule has 108 valence electrons. The number of carbonyl (C=O) groups excluding carboxylic acids is 1. The molecule has 3 N–H and O–H groups in total. The molecule has 0 aliphatic heterocycles. The summed E-state index contributed by atoms with van der Waals surface area (Å²) in [5.41, 5.74) is 0.840. The number of amides is 1. The lowest BCUT2D eigenvalue weighted by Crippen LogP contribution is -2.42. The summed E-state index contributed by atoms with van der Waals surface area (Å²) >= 11 is 0. The number of fused-ring (bicyclic) bond motifs is 1. The van der Waals surface area contributed by atoms with Crippen molar-refractivity contribution in [3.8, 4) is 0 Å². The SMILES string of the molecule is O=C(O)C[C@H](NC(=O)c1cccc2ncccc12)C(=O)O. The number of aliphatic carboxylic acids is 2. The summed E-state index contributed by atoms with van der Waals surface area (Å²) in [6.45, 7) is 0. The normalized spacial score (nSPS) is 11.8. The highest BCUT2D eigenvalue weighted by Crippen LogP contribution is 2.16. The second-order valence-electron chi connectivity index (χ2n) is 4.34. The van der Waals surface area contributed by atoms with E-state index in [2.05, 4.69) is 10.3 Å². The quantitative estimate of drug-likeness (QED) is 0.752. The molecule has 1 heterocycles. The molecule has 0 bridgehead atoms. The monoisotopic (exact) mass is 288 g/mol. The fourth-order valence-electron chi connectivity index (χ4n) is 1.91. The number of carbonyl (C=O) groups is 3. The van der Waals surface area contributed by atoms with E-state index in [4.69, 9.17) is 10.2 Å². The van der Waals surface area contributed by atoms with Crippen molar-refractivity contribution < 1.29 is 24.6 Å². The van der Waals surface area contributed by atoms with Crippen molar-refractivity contribution in [2.75, 3.05) is 0 Å². The molecule has 1 atom stereocenters. The number of hydrogen-bond donors (Lipinski definition) is 3. The van der Waals surface area contributed by atoms with E-state index in [-0.39, 0.29) is 5.56 Å². The van der Waals surface area contributed by atoms with Gasteiger partial charge in [-0.3, -0.25) is 14.6 Å². The first-order valence-electron chi connectivity index (χ1n) is 6.08. The van der Waals surface area contributed by atoms with Gasteiger partial charge in [-0.1, -0.05) is 12.1 Å². The van der Waals surface area contributed by atoms with Gasteiger partial charge in [0.25, 0.3) is 5.91 Å². The average Bonchev–Trinajstić information content (AvgIpc) is 2.45. The summed E-state index contributed by atoms with van der Waals surface area (Å²) in [4.78, 5) is 37.9. The second-order valence-corrected chi connectivity index (χ2v) is 4.34. The third-order valence-electron chi connectivity index (χ3n) is 2.87. The summed E-state index contributed by atoms with van der Waals surface area (Å²) < 4.78 is 0. The van der Waals surface area contributed by atoms with Crippen LogP contribution in [0.1, 0.15) is 16.8 Å². The molecule has 0 aliphatic rings. The van der Waals surface area contributed by atoms with Crippen LogP contribution in [-0.4, -0.2) is 39.1 Å². The first-order chi connectivity index (χ1) is 9.99. The Balaban J connectivity index is 2.29. The number of carboxylic acid groups (broad SMARTS) is 2. The number of nitrogens with zero attached hydrogens (tertiary/aromatic N) is 1. The summed E-state index contributed by atoms with van der Waals surface area (Å²) in [5, 5.41) is 20.4. The van der Waals surface area contributed by atoms with Crippen LogP contribution in [0.15, 0.2) is 36.5 Å². The lowest BCUT2D eigenvalue weighted by molar-refractivity contribution is -0.145. The van der Waals surface area contributed by atoms with Crippen molar-refractivity contribution in [2.24, 2.45) is 0 Å². The van der Waals surface area contributed by atoms with Gasteiger partial charge in [0.15, 0.2) is 0 Å². The molecule has 0 aliphatic carbocycles. The van der Waals surface area contributed by atoms with Gasteiger partial charge in [0.1, 0.15) is 6.04 Å². The van der Waals surface area contributed by atoms with Crippen LogP contribution in [0, 0.1) is 0 Å². The smallest absolute Gasteiger partial charge is 0.326 e. The van der Waals surface area contributed by atoms with Gasteiger partial charge >= 0.3 is 11.9 Å². The molecule has 0 radical (unpaired) electrons. The maximum atomic E-state index is 12.2. The van der Waals surface area contributed by atoms with Gasteiger partial charge in [-0.2, -0.15) is 0 Å². The van der Waals surface area contributed by atoms with Gasteiger partial charge in [-0.25, -0.2) is 4.79 Å². The third kappa shape index (κ3) is 3.33. The molecule has 0 saturated heterocycles. The highest BCUT2D eigenvalue weighted by atomic mass is 16.4. The van der Waals surface area contributed by atoms with Crippen LogP contribution in [0.5, 0.6) is 0 Å². The summed E-state index contributed by atoms with van der Waals surface area (Å²) in [7, 11) is 0. The topological polar surface area (TPSA) is 117 Å². The van der Waals surface area contributed by atoms with Gasteiger partial charge in [-0.15, -0.1) is 0 Å². The third-order valence-corrected chi connectivity index (χ3v) is 2.87. The van der Waals surface area contributed by atoms with Crippen LogP contribution in [0.25, 0.3) is 10.9 Å². The molecule has 1 aromatic carbocycles. The average molecular weight is 288 g/mol. The minimum atomic E-state index is -1.48. The number of benzene rings is 1. The Morgan fingerprint density at radius 1 is 1.14 bits per heavy atom. The largest absolute Gasteiger partial charge is 0.481 e. The van der Waals surface area contributed by atoms with E-state index in [1.807, 2.05) is 0 Å². The Labute approximate surface area is 119 Å². The Morgan fingerprint density at radius 3 is 2.57 bits per heavy atom. The molecule has 7 nitrogen and oxygen atoms in total. The van der Waals surface area contributed by atoms with E-state index < -0.39 is 30.3 Å². The predicted molar refractivity (Wildman–Crippen MR) is 72.9 cm³/mol. The van der Waals surface area contributed by atoms with Gasteiger partial charge in [0.2, 0.25) is 0 Å². The molecule has 21 heavy (non-hydrogen) atoms. The maximum absolute atomic E-state index is 12.2. The van der Waals surface area contributed by atoms with Crippen molar-refractivity contribution >= 4 is 28.7 Å². The molecular formula is C14H12N2O5. The minimum absolute atomic E-state index is 0.247. The van der Waals surface area contributed by atoms with E-state index in [0.29, 0.717) is 10.9 Å². The molecule has 0 spiro atoms. The molecular weight excluding hydrogens is 276 g/mol. The highest BCUT2D eigenvalue weighted by molar-refractivity contribution is 6.07. The zero-order valence-electron chi connectivity index (χ0n) is 10.8. The number of pyridine rings is 1. The van der Waals surface area contributed by atoms with Crippen LogP contribution >= 0.6 is 0 Å². The van der Waals surface area contributed by atoms with E-state index in [0.717, 1.165) is 0 Å². The fraction of sp³-hybridized carbons (Fsp3) is 0.143. The Morgan fingerprint density at radius 2 is 1.90 bits per heavy atom. The Bertz CT molecular complexity index is 708. The molecule has 1 amide bonds. The predicted octanol–water partition coefficient (Wildman–Crippen LogP) is 0.892. The van der Waals surface area contributed by atoms with Crippen LogP contribution in [0.2, 0.25) is 0 Å². The van der Waals surface area contributed by atoms with E-state index >= 15 is 0 Å². The molecule has 0 saturated carbocycles. The van der Waals surface area contributed by atoms with E-state index in [9.17, 15) is 14.4 Å². The standard InChI is InChI=1S/C14H12N2O5/c17-12(18)7-11(14(20)21)16-13(19)9-3-1-5-10-8(9)4-2-6-15-10/h1-6,11H,7H2,(H,16,19)(H,17,18)(H,20,21)/t11-/m0/s1. The Hall–Kier alpha value is -2.96. The number of nitrogens with one attached hydrogen (secondary N) is 1. The van der Waals surface area contributed by atoms with Gasteiger partial charge in [0, 0.05) is 17.1 Å². The minimum Gasteiger partial charge on any atom is -0.481 e. The van der Waals surface area contributed by atoms with Crippen LogP contribution in [0.3, 0.4) is 0 Å². The lowest BCUT2D eigenvalue weighted by atomic mass is 10.1. The van der Waals surface area contributed by atoms with Gasteiger partial charge in [0.05, 0.1) is 11.9 Å². The second kappa shape index (κ2) is 6.00. The van der Waals surface area contributed by atoms with Crippen LogP contribution in [-0.2, 0) is 9.59 Å². The van der Waals surface area contributed by atoms with Crippen molar-refractivity contribution in [1.29, 1.82) is 0 Å².